The molecule has 1 aliphatic heterocycles. The highest BCUT2D eigenvalue weighted by molar-refractivity contribution is 5.78. The van der Waals surface area contributed by atoms with Crippen LogP contribution in [0.4, 0.5) is 0 Å². The number of likely N-dealkylation sites (tertiary alicyclic amines) is 1. The molecule has 2 rings (SSSR count). The molecule has 2 amide bonds. The van der Waals surface area contributed by atoms with Crippen molar-refractivity contribution in [2.75, 3.05) is 13.1 Å². The molecule has 0 aromatic rings. The van der Waals surface area contributed by atoms with Crippen LogP contribution in [0, 0.1) is 0 Å². The van der Waals surface area contributed by atoms with Crippen LogP contribution < -0.4 is 5.32 Å². The topological polar surface area (TPSA) is 49.4 Å². The van der Waals surface area contributed by atoms with Crippen LogP contribution in [0.25, 0.3) is 0 Å². The molecule has 0 bridgehead atoms. The van der Waals surface area contributed by atoms with Gasteiger partial charge in [0.1, 0.15) is 0 Å². The number of nitrogens with one attached hydrogen (secondary N) is 1. The van der Waals surface area contributed by atoms with Crippen molar-refractivity contribution in [3.05, 3.63) is 0 Å². The van der Waals surface area contributed by atoms with Crippen molar-refractivity contribution in [3.63, 3.8) is 0 Å². The lowest BCUT2D eigenvalue weighted by Crippen LogP contribution is -2.51. The van der Waals surface area contributed by atoms with Gasteiger partial charge in [-0.2, -0.15) is 0 Å². The van der Waals surface area contributed by atoms with Gasteiger partial charge in [-0.3, -0.25) is 9.59 Å². The van der Waals surface area contributed by atoms with E-state index in [2.05, 4.69) is 12.2 Å². The summed E-state index contributed by atoms with van der Waals surface area (Å²) in [5, 5.41) is 3.10. The van der Waals surface area contributed by atoms with Gasteiger partial charge in [-0.25, -0.2) is 0 Å². The summed E-state index contributed by atoms with van der Waals surface area (Å²) < 4.78 is 0. The average molecular weight is 252 g/mol. The first-order chi connectivity index (χ1) is 8.59. The highest BCUT2D eigenvalue weighted by Gasteiger charge is 2.32. The molecule has 1 N–H and O–H groups in total. The Bertz CT molecular complexity index is 324. The number of piperidine rings is 1. The molecule has 0 aromatic carbocycles. The molecule has 102 valence electrons. The predicted molar refractivity (Wildman–Crippen MR) is 70.1 cm³/mol. The lowest BCUT2D eigenvalue weighted by atomic mass is 9.78. The van der Waals surface area contributed by atoms with Crippen molar-refractivity contribution in [2.45, 2.75) is 63.8 Å². The van der Waals surface area contributed by atoms with Crippen molar-refractivity contribution in [1.82, 2.24) is 10.2 Å². The van der Waals surface area contributed by atoms with Crippen molar-refractivity contribution in [3.8, 4) is 0 Å². The Balaban J connectivity index is 1.62. The van der Waals surface area contributed by atoms with Crippen molar-refractivity contribution < 1.29 is 9.59 Å². The fraction of sp³-hybridized carbons (Fsp3) is 0.857. The van der Waals surface area contributed by atoms with E-state index in [1.165, 1.54) is 6.42 Å². The lowest BCUT2D eigenvalue weighted by Gasteiger charge is -2.39. The summed E-state index contributed by atoms with van der Waals surface area (Å²) in [5.74, 6) is 0.397. The van der Waals surface area contributed by atoms with E-state index in [1.807, 2.05) is 4.90 Å². The van der Waals surface area contributed by atoms with Gasteiger partial charge in [0.25, 0.3) is 0 Å². The Labute approximate surface area is 109 Å². The summed E-state index contributed by atoms with van der Waals surface area (Å²) in [5.41, 5.74) is 0.0536. The fourth-order valence-electron chi connectivity index (χ4n) is 2.76. The Morgan fingerprint density at radius 3 is 2.72 bits per heavy atom. The second kappa shape index (κ2) is 5.72. The first kappa shape index (κ1) is 13.4. The van der Waals surface area contributed by atoms with Crippen molar-refractivity contribution in [1.29, 1.82) is 0 Å². The van der Waals surface area contributed by atoms with Gasteiger partial charge >= 0.3 is 0 Å². The maximum Gasteiger partial charge on any atom is 0.222 e. The molecular weight excluding hydrogens is 228 g/mol. The van der Waals surface area contributed by atoms with Gasteiger partial charge < -0.3 is 10.2 Å². The zero-order chi connectivity index (χ0) is 13.0. The molecule has 0 radical (unpaired) electrons. The third kappa shape index (κ3) is 3.47. The molecule has 2 aliphatic rings. The smallest absolute Gasteiger partial charge is 0.222 e. The number of carbonyl (C=O) groups is 2. The number of hydrogen-bond donors (Lipinski definition) is 1. The second-order valence-corrected chi connectivity index (χ2v) is 5.90. The molecule has 2 fully saturated rings. The summed E-state index contributed by atoms with van der Waals surface area (Å²) in [7, 11) is 0. The summed E-state index contributed by atoms with van der Waals surface area (Å²) >= 11 is 0. The van der Waals surface area contributed by atoms with Gasteiger partial charge in [0.05, 0.1) is 0 Å². The third-order valence-electron chi connectivity index (χ3n) is 4.15. The number of hydrogen-bond acceptors (Lipinski definition) is 2. The van der Waals surface area contributed by atoms with Crippen LogP contribution in [0.3, 0.4) is 0 Å². The Morgan fingerprint density at radius 2 is 2.11 bits per heavy atom. The minimum atomic E-state index is 0.0536. The minimum absolute atomic E-state index is 0.0536. The normalized spacial score (nSPS) is 22.5. The zero-order valence-electron chi connectivity index (χ0n) is 11.3. The standard InChI is InChI=1S/C14H24N2O2/c1-14(8-5-9-14)15-12(17)6-4-11-16-10-3-2-7-13(16)18/h2-11H2,1H3,(H,15,17). The van der Waals surface area contributed by atoms with E-state index in [4.69, 9.17) is 0 Å². The largest absolute Gasteiger partial charge is 0.351 e. The zero-order valence-corrected chi connectivity index (χ0v) is 11.3. The van der Waals surface area contributed by atoms with Crippen LogP contribution >= 0.6 is 0 Å². The first-order valence-electron chi connectivity index (χ1n) is 7.18. The van der Waals surface area contributed by atoms with E-state index in [-0.39, 0.29) is 17.4 Å². The van der Waals surface area contributed by atoms with Crippen molar-refractivity contribution >= 4 is 11.8 Å². The van der Waals surface area contributed by atoms with E-state index in [1.54, 1.807) is 0 Å². The van der Waals surface area contributed by atoms with Crippen LogP contribution in [0.2, 0.25) is 0 Å². The van der Waals surface area contributed by atoms with E-state index < -0.39 is 0 Å². The van der Waals surface area contributed by atoms with Crippen LogP contribution in [0.5, 0.6) is 0 Å². The fourth-order valence-corrected chi connectivity index (χ4v) is 2.76. The number of nitrogens with zero attached hydrogens (tertiary/aromatic N) is 1. The lowest BCUT2D eigenvalue weighted by molar-refractivity contribution is -0.134. The van der Waals surface area contributed by atoms with Crippen LogP contribution in [0.15, 0.2) is 0 Å². The summed E-state index contributed by atoms with van der Waals surface area (Å²) in [6.07, 6.45) is 7.56. The number of amides is 2. The van der Waals surface area contributed by atoms with Gasteiger partial charge in [-0.15, -0.1) is 0 Å². The van der Waals surface area contributed by atoms with E-state index in [0.717, 1.165) is 45.2 Å². The molecule has 0 spiro atoms. The Kier molecular flexibility index (Phi) is 4.25. The van der Waals surface area contributed by atoms with Crippen LogP contribution in [-0.4, -0.2) is 35.3 Å². The molecule has 0 unspecified atom stereocenters. The average Bonchev–Trinajstić information content (AvgIpc) is 2.29. The van der Waals surface area contributed by atoms with Gasteiger partial charge in [-0.1, -0.05) is 0 Å². The monoisotopic (exact) mass is 252 g/mol. The van der Waals surface area contributed by atoms with Gasteiger partial charge in [0.15, 0.2) is 0 Å². The van der Waals surface area contributed by atoms with Gasteiger partial charge in [0.2, 0.25) is 11.8 Å². The molecule has 1 heterocycles. The van der Waals surface area contributed by atoms with E-state index >= 15 is 0 Å². The molecule has 1 saturated heterocycles. The van der Waals surface area contributed by atoms with Crippen LogP contribution in [-0.2, 0) is 9.59 Å². The maximum absolute atomic E-state index is 11.8. The predicted octanol–water partition coefficient (Wildman–Crippen LogP) is 1.84. The summed E-state index contributed by atoms with van der Waals surface area (Å²) in [6.45, 7) is 3.73. The quantitative estimate of drug-likeness (QED) is 0.811. The molecule has 18 heavy (non-hydrogen) atoms. The molecule has 0 aromatic heterocycles. The molecule has 4 heteroatoms. The molecule has 4 nitrogen and oxygen atoms in total. The van der Waals surface area contributed by atoms with Gasteiger partial charge in [-0.05, 0) is 45.4 Å². The van der Waals surface area contributed by atoms with Gasteiger partial charge in [0, 0.05) is 31.5 Å². The van der Waals surface area contributed by atoms with Crippen LogP contribution in [0.1, 0.15) is 58.3 Å². The molecule has 0 atom stereocenters. The minimum Gasteiger partial charge on any atom is -0.351 e. The maximum atomic E-state index is 11.8. The highest BCUT2D eigenvalue weighted by Crippen LogP contribution is 2.30. The van der Waals surface area contributed by atoms with Crippen molar-refractivity contribution in [2.24, 2.45) is 0 Å². The van der Waals surface area contributed by atoms with E-state index in [9.17, 15) is 9.59 Å². The molecule has 1 saturated carbocycles. The summed E-state index contributed by atoms with van der Waals surface area (Å²) in [6, 6.07) is 0. The molecular formula is C14H24N2O2. The number of rotatable bonds is 5. The third-order valence-corrected chi connectivity index (χ3v) is 4.15. The SMILES string of the molecule is CC1(NC(=O)CCCN2CCCCC2=O)CCC1. The summed E-state index contributed by atoms with van der Waals surface area (Å²) in [4.78, 5) is 25.2. The molecule has 1 aliphatic carbocycles. The van der Waals surface area contributed by atoms with E-state index in [0.29, 0.717) is 12.8 Å². The second-order valence-electron chi connectivity index (χ2n) is 5.90. The Hall–Kier alpha value is -1.06. The Morgan fingerprint density at radius 1 is 1.33 bits per heavy atom. The number of carbonyl (C=O) groups excluding carboxylic acids is 2. The first-order valence-corrected chi connectivity index (χ1v) is 7.18. The highest BCUT2D eigenvalue weighted by atomic mass is 16.2.